The highest BCUT2D eigenvalue weighted by Crippen LogP contribution is 2.18. The molecule has 1 unspecified atom stereocenters. The first-order valence-corrected chi connectivity index (χ1v) is 7.67. The van der Waals surface area contributed by atoms with Crippen LogP contribution in [-0.2, 0) is 4.79 Å². The number of carbonyl (C=O) groups is 2. The smallest absolute Gasteiger partial charge is 0.224 e. The van der Waals surface area contributed by atoms with E-state index >= 15 is 0 Å². The van der Waals surface area contributed by atoms with Crippen molar-refractivity contribution in [2.75, 3.05) is 11.9 Å². The predicted molar refractivity (Wildman–Crippen MR) is 86.4 cm³/mol. The van der Waals surface area contributed by atoms with Crippen molar-refractivity contribution in [2.45, 2.75) is 46.0 Å². The van der Waals surface area contributed by atoms with Gasteiger partial charge in [-0.1, -0.05) is 19.8 Å². The summed E-state index contributed by atoms with van der Waals surface area (Å²) in [6, 6.07) is 6.98. The van der Waals surface area contributed by atoms with E-state index in [1.165, 1.54) is 6.92 Å². The number of ketones is 1. The molecule has 0 saturated heterocycles. The Morgan fingerprint density at radius 3 is 2.33 bits per heavy atom. The van der Waals surface area contributed by atoms with Gasteiger partial charge < -0.3 is 11.1 Å². The zero-order valence-corrected chi connectivity index (χ0v) is 13.0. The lowest BCUT2D eigenvalue weighted by Crippen LogP contribution is -2.15. The SMILES string of the molecule is CCCC(CCN)CCC(=O)Nc1ccc(C(C)=O)cc1. The highest BCUT2D eigenvalue weighted by atomic mass is 16.1. The van der Waals surface area contributed by atoms with Gasteiger partial charge in [-0.2, -0.15) is 0 Å². The minimum atomic E-state index is 0.0173. The van der Waals surface area contributed by atoms with E-state index in [1.54, 1.807) is 24.3 Å². The molecule has 0 bridgehead atoms. The van der Waals surface area contributed by atoms with Gasteiger partial charge in [0.05, 0.1) is 0 Å². The van der Waals surface area contributed by atoms with Crippen LogP contribution in [0.25, 0.3) is 0 Å². The van der Waals surface area contributed by atoms with Crippen LogP contribution in [-0.4, -0.2) is 18.2 Å². The zero-order chi connectivity index (χ0) is 15.7. The second-order valence-corrected chi connectivity index (χ2v) is 5.45. The molecular formula is C17H26N2O2. The van der Waals surface area contributed by atoms with Crippen molar-refractivity contribution < 1.29 is 9.59 Å². The first-order valence-electron chi connectivity index (χ1n) is 7.67. The van der Waals surface area contributed by atoms with Crippen LogP contribution in [0.5, 0.6) is 0 Å². The molecule has 0 aromatic heterocycles. The van der Waals surface area contributed by atoms with E-state index in [0.717, 1.165) is 31.4 Å². The van der Waals surface area contributed by atoms with Gasteiger partial charge in [0.2, 0.25) is 5.91 Å². The molecule has 3 N–H and O–H groups in total. The molecular weight excluding hydrogens is 264 g/mol. The van der Waals surface area contributed by atoms with Crippen molar-refractivity contribution >= 4 is 17.4 Å². The first kappa shape index (κ1) is 17.4. The number of anilines is 1. The topological polar surface area (TPSA) is 72.2 Å². The Bertz CT molecular complexity index is 448. The van der Waals surface area contributed by atoms with Crippen molar-refractivity contribution in [1.29, 1.82) is 0 Å². The first-order chi connectivity index (χ1) is 10.1. The van der Waals surface area contributed by atoms with Crippen LogP contribution in [0.1, 0.15) is 56.3 Å². The summed E-state index contributed by atoms with van der Waals surface area (Å²) in [5, 5.41) is 2.87. The predicted octanol–water partition coefficient (Wildman–Crippen LogP) is 3.37. The second-order valence-electron chi connectivity index (χ2n) is 5.45. The molecule has 4 nitrogen and oxygen atoms in total. The summed E-state index contributed by atoms with van der Waals surface area (Å²) in [6.07, 6.45) is 4.62. The summed E-state index contributed by atoms with van der Waals surface area (Å²) in [7, 11) is 0. The van der Waals surface area contributed by atoms with Gasteiger partial charge >= 0.3 is 0 Å². The number of amides is 1. The summed E-state index contributed by atoms with van der Waals surface area (Å²) < 4.78 is 0. The summed E-state index contributed by atoms with van der Waals surface area (Å²) in [6.45, 7) is 4.36. The van der Waals surface area contributed by atoms with E-state index in [4.69, 9.17) is 5.73 Å². The van der Waals surface area contributed by atoms with Gasteiger partial charge in [-0.05, 0) is 56.5 Å². The molecule has 21 heavy (non-hydrogen) atoms. The van der Waals surface area contributed by atoms with E-state index in [-0.39, 0.29) is 11.7 Å². The quantitative estimate of drug-likeness (QED) is 0.685. The van der Waals surface area contributed by atoms with Crippen LogP contribution in [0.15, 0.2) is 24.3 Å². The Kier molecular flexibility index (Phi) is 7.69. The number of carbonyl (C=O) groups excluding carboxylic acids is 2. The van der Waals surface area contributed by atoms with Crippen molar-refractivity contribution in [2.24, 2.45) is 11.7 Å². The molecule has 0 spiro atoms. The highest BCUT2D eigenvalue weighted by molar-refractivity contribution is 5.95. The number of hydrogen-bond acceptors (Lipinski definition) is 3. The van der Waals surface area contributed by atoms with Crippen LogP contribution >= 0.6 is 0 Å². The van der Waals surface area contributed by atoms with Crippen LogP contribution in [0.3, 0.4) is 0 Å². The minimum Gasteiger partial charge on any atom is -0.330 e. The van der Waals surface area contributed by atoms with Crippen LogP contribution in [0, 0.1) is 5.92 Å². The third-order valence-electron chi connectivity index (χ3n) is 3.63. The molecule has 1 atom stereocenters. The Labute approximate surface area is 127 Å². The lowest BCUT2D eigenvalue weighted by Gasteiger charge is -2.14. The van der Waals surface area contributed by atoms with E-state index in [9.17, 15) is 9.59 Å². The summed E-state index contributed by atoms with van der Waals surface area (Å²) in [4.78, 5) is 23.1. The fraction of sp³-hybridized carbons (Fsp3) is 0.529. The summed E-state index contributed by atoms with van der Waals surface area (Å²) >= 11 is 0. The minimum absolute atomic E-state index is 0.0173. The van der Waals surface area contributed by atoms with E-state index < -0.39 is 0 Å². The highest BCUT2D eigenvalue weighted by Gasteiger charge is 2.10. The third kappa shape index (κ3) is 6.54. The van der Waals surface area contributed by atoms with Gasteiger partial charge in [0.1, 0.15) is 0 Å². The van der Waals surface area contributed by atoms with Crippen molar-refractivity contribution in [3.05, 3.63) is 29.8 Å². The molecule has 0 aliphatic heterocycles. The Balaban J connectivity index is 2.43. The summed E-state index contributed by atoms with van der Waals surface area (Å²) in [5.74, 6) is 0.576. The maximum absolute atomic E-state index is 11.9. The molecule has 0 saturated carbocycles. The van der Waals surface area contributed by atoms with E-state index in [0.29, 0.717) is 24.4 Å². The van der Waals surface area contributed by atoms with Gasteiger partial charge in [-0.15, -0.1) is 0 Å². The molecule has 0 heterocycles. The molecule has 1 aromatic carbocycles. The molecule has 0 aliphatic rings. The molecule has 1 amide bonds. The number of hydrogen-bond donors (Lipinski definition) is 2. The molecule has 1 aromatic rings. The van der Waals surface area contributed by atoms with Gasteiger partial charge in [-0.25, -0.2) is 0 Å². The fourth-order valence-electron chi connectivity index (χ4n) is 2.42. The molecule has 116 valence electrons. The number of benzene rings is 1. The van der Waals surface area contributed by atoms with Crippen molar-refractivity contribution in [3.63, 3.8) is 0 Å². The maximum atomic E-state index is 11.9. The van der Waals surface area contributed by atoms with Crippen LogP contribution in [0.2, 0.25) is 0 Å². The summed E-state index contributed by atoms with van der Waals surface area (Å²) in [5.41, 5.74) is 6.98. The molecule has 0 fully saturated rings. The number of nitrogens with two attached hydrogens (primary N) is 1. The van der Waals surface area contributed by atoms with E-state index in [1.807, 2.05) is 0 Å². The number of rotatable bonds is 9. The van der Waals surface area contributed by atoms with Crippen molar-refractivity contribution in [3.8, 4) is 0 Å². The van der Waals surface area contributed by atoms with Gasteiger partial charge in [0.25, 0.3) is 0 Å². The Hall–Kier alpha value is -1.68. The van der Waals surface area contributed by atoms with Gasteiger partial charge in [0.15, 0.2) is 5.78 Å². The van der Waals surface area contributed by atoms with Gasteiger partial charge in [-0.3, -0.25) is 9.59 Å². The maximum Gasteiger partial charge on any atom is 0.224 e. The lowest BCUT2D eigenvalue weighted by molar-refractivity contribution is -0.116. The monoisotopic (exact) mass is 290 g/mol. The Morgan fingerprint density at radius 1 is 1.14 bits per heavy atom. The van der Waals surface area contributed by atoms with Crippen LogP contribution in [0.4, 0.5) is 5.69 Å². The normalized spacial score (nSPS) is 12.0. The molecule has 4 heteroatoms. The average molecular weight is 290 g/mol. The van der Waals surface area contributed by atoms with Crippen molar-refractivity contribution in [1.82, 2.24) is 0 Å². The largest absolute Gasteiger partial charge is 0.330 e. The standard InChI is InChI=1S/C17H26N2O2/c1-3-4-14(11-12-18)5-10-17(21)19-16-8-6-15(7-9-16)13(2)20/h6-9,14H,3-5,10-12,18H2,1-2H3,(H,19,21). The van der Waals surface area contributed by atoms with Crippen LogP contribution < -0.4 is 11.1 Å². The number of nitrogens with one attached hydrogen (secondary N) is 1. The lowest BCUT2D eigenvalue weighted by atomic mass is 9.94. The average Bonchev–Trinajstić information content (AvgIpc) is 2.46. The molecule has 0 aliphatic carbocycles. The number of Topliss-reactive ketones (excluding diaryl/α,β-unsaturated/α-hetero) is 1. The third-order valence-corrected chi connectivity index (χ3v) is 3.63. The fourth-order valence-corrected chi connectivity index (χ4v) is 2.42. The second kappa shape index (κ2) is 9.29. The zero-order valence-electron chi connectivity index (χ0n) is 13.0. The Morgan fingerprint density at radius 2 is 1.81 bits per heavy atom. The molecule has 0 radical (unpaired) electrons. The van der Waals surface area contributed by atoms with E-state index in [2.05, 4.69) is 12.2 Å². The van der Waals surface area contributed by atoms with Gasteiger partial charge in [0, 0.05) is 17.7 Å². The molecule has 1 rings (SSSR count).